The summed E-state index contributed by atoms with van der Waals surface area (Å²) in [4.78, 5) is 2.70. The SMILES string of the molecule is C1CNC2CCN(CC3CCC4(CCCC4)O3)CC2C1. The molecular weight excluding hydrogens is 248 g/mol. The van der Waals surface area contributed by atoms with E-state index in [0.29, 0.717) is 11.7 Å². The maximum Gasteiger partial charge on any atom is 0.0710 e. The molecule has 3 unspecified atom stereocenters. The van der Waals surface area contributed by atoms with E-state index in [2.05, 4.69) is 10.2 Å². The van der Waals surface area contributed by atoms with Crippen LogP contribution in [-0.2, 0) is 4.74 Å². The predicted octanol–water partition coefficient (Wildman–Crippen LogP) is 2.55. The normalized spacial score (nSPS) is 41.1. The van der Waals surface area contributed by atoms with Crippen LogP contribution in [0, 0.1) is 5.92 Å². The standard InChI is InChI=1S/C17H30N2O/c1-2-8-17(7-1)9-5-15(20-17)13-19-11-6-16-14(12-19)4-3-10-18-16/h14-16,18H,1-13H2. The van der Waals surface area contributed by atoms with Crippen molar-refractivity contribution < 1.29 is 4.74 Å². The Hall–Kier alpha value is -0.120. The summed E-state index contributed by atoms with van der Waals surface area (Å²) in [5.74, 6) is 0.902. The largest absolute Gasteiger partial charge is 0.370 e. The van der Waals surface area contributed by atoms with Crippen LogP contribution in [0.1, 0.15) is 57.8 Å². The fraction of sp³-hybridized carbons (Fsp3) is 1.00. The highest BCUT2D eigenvalue weighted by Gasteiger charge is 2.43. The van der Waals surface area contributed by atoms with Gasteiger partial charge in [-0.3, -0.25) is 0 Å². The molecular formula is C17H30N2O. The third-order valence-electron chi connectivity index (χ3n) is 6.29. The summed E-state index contributed by atoms with van der Waals surface area (Å²) in [6.07, 6.45) is 12.8. The Morgan fingerprint density at radius 1 is 1.05 bits per heavy atom. The van der Waals surface area contributed by atoms with Gasteiger partial charge in [0.15, 0.2) is 0 Å². The van der Waals surface area contributed by atoms with Crippen molar-refractivity contribution in [2.45, 2.75) is 75.5 Å². The quantitative estimate of drug-likeness (QED) is 0.840. The van der Waals surface area contributed by atoms with Crippen molar-refractivity contribution in [1.29, 1.82) is 0 Å². The van der Waals surface area contributed by atoms with Crippen molar-refractivity contribution in [3.8, 4) is 0 Å². The number of fused-ring (bicyclic) bond motifs is 1. The molecule has 4 rings (SSSR count). The second kappa shape index (κ2) is 5.58. The lowest BCUT2D eigenvalue weighted by Crippen LogP contribution is -2.53. The molecule has 4 fully saturated rings. The van der Waals surface area contributed by atoms with E-state index in [1.165, 1.54) is 84.0 Å². The number of ether oxygens (including phenoxy) is 1. The van der Waals surface area contributed by atoms with Crippen molar-refractivity contribution in [3.63, 3.8) is 0 Å². The molecule has 1 aliphatic carbocycles. The minimum atomic E-state index is 0.315. The van der Waals surface area contributed by atoms with Crippen molar-refractivity contribution in [2.24, 2.45) is 5.92 Å². The zero-order chi connectivity index (χ0) is 13.4. The van der Waals surface area contributed by atoms with Gasteiger partial charge in [-0.1, -0.05) is 12.8 Å². The molecule has 3 aliphatic heterocycles. The number of hydrogen-bond donors (Lipinski definition) is 1. The van der Waals surface area contributed by atoms with Gasteiger partial charge in [-0.2, -0.15) is 0 Å². The Kier molecular flexibility index (Phi) is 3.78. The van der Waals surface area contributed by atoms with Crippen LogP contribution in [-0.4, -0.2) is 48.8 Å². The Labute approximate surface area is 123 Å². The summed E-state index contributed by atoms with van der Waals surface area (Å²) in [5.41, 5.74) is 0.315. The number of hydrogen-bond acceptors (Lipinski definition) is 3. The molecule has 3 saturated heterocycles. The van der Waals surface area contributed by atoms with Crippen LogP contribution in [0.2, 0.25) is 0 Å². The first-order chi connectivity index (χ1) is 9.83. The van der Waals surface area contributed by atoms with Gasteiger partial charge in [0.1, 0.15) is 0 Å². The van der Waals surface area contributed by atoms with Crippen LogP contribution >= 0.6 is 0 Å². The molecule has 1 N–H and O–H groups in total. The van der Waals surface area contributed by atoms with Gasteiger partial charge < -0.3 is 15.0 Å². The van der Waals surface area contributed by atoms with Gasteiger partial charge in [0.05, 0.1) is 11.7 Å². The van der Waals surface area contributed by atoms with Crippen molar-refractivity contribution in [3.05, 3.63) is 0 Å². The zero-order valence-electron chi connectivity index (χ0n) is 12.8. The van der Waals surface area contributed by atoms with E-state index in [-0.39, 0.29) is 0 Å². The second-order valence-electron chi connectivity index (χ2n) is 7.68. The van der Waals surface area contributed by atoms with Gasteiger partial charge >= 0.3 is 0 Å². The van der Waals surface area contributed by atoms with E-state index < -0.39 is 0 Å². The lowest BCUT2D eigenvalue weighted by molar-refractivity contribution is -0.0525. The molecule has 3 atom stereocenters. The first-order valence-corrected chi connectivity index (χ1v) is 8.97. The van der Waals surface area contributed by atoms with Crippen LogP contribution in [0.3, 0.4) is 0 Å². The Bertz CT molecular complexity index is 340. The third kappa shape index (κ3) is 2.65. The van der Waals surface area contributed by atoms with Crippen molar-refractivity contribution >= 4 is 0 Å². The first-order valence-electron chi connectivity index (χ1n) is 8.97. The van der Waals surface area contributed by atoms with Crippen LogP contribution in [0.15, 0.2) is 0 Å². The van der Waals surface area contributed by atoms with Gasteiger partial charge in [0, 0.05) is 19.1 Å². The summed E-state index contributed by atoms with van der Waals surface area (Å²) in [5, 5.41) is 3.72. The Morgan fingerprint density at radius 2 is 1.95 bits per heavy atom. The maximum atomic E-state index is 6.49. The molecule has 0 amide bonds. The highest BCUT2D eigenvalue weighted by Crippen LogP contribution is 2.43. The summed E-state index contributed by atoms with van der Waals surface area (Å²) in [7, 11) is 0. The molecule has 0 aromatic heterocycles. The molecule has 114 valence electrons. The van der Waals surface area contributed by atoms with Gasteiger partial charge in [-0.15, -0.1) is 0 Å². The van der Waals surface area contributed by atoms with E-state index in [1.54, 1.807) is 0 Å². The molecule has 3 nitrogen and oxygen atoms in total. The predicted molar refractivity (Wildman–Crippen MR) is 80.9 cm³/mol. The van der Waals surface area contributed by atoms with E-state index in [9.17, 15) is 0 Å². The van der Waals surface area contributed by atoms with Crippen molar-refractivity contribution in [2.75, 3.05) is 26.2 Å². The van der Waals surface area contributed by atoms with Gasteiger partial charge in [0.2, 0.25) is 0 Å². The summed E-state index contributed by atoms with van der Waals surface area (Å²) in [6.45, 7) is 5.03. The molecule has 20 heavy (non-hydrogen) atoms. The minimum Gasteiger partial charge on any atom is -0.370 e. The lowest BCUT2D eigenvalue weighted by Gasteiger charge is -2.42. The van der Waals surface area contributed by atoms with Gasteiger partial charge in [0.25, 0.3) is 0 Å². The average Bonchev–Trinajstić information content (AvgIpc) is 3.09. The maximum absolute atomic E-state index is 6.49. The highest BCUT2D eigenvalue weighted by atomic mass is 16.5. The number of rotatable bonds is 2. The van der Waals surface area contributed by atoms with E-state index in [1.807, 2.05) is 0 Å². The number of nitrogens with one attached hydrogen (secondary N) is 1. The molecule has 1 saturated carbocycles. The minimum absolute atomic E-state index is 0.315. The average molecular weight is 278 g/mol. The van der Waals surface area contributed by atoms with E-state index in [0.717, 1.165) is 12.0 Å². The third-order valence-corrected chi connectivity index (χ3v) is 6.29. The molecule has 4 aliphatic rings. The van der Waals surface area contributed by atoms with Crippen LogP contribution in [0.4, 0.5) is 0 Å². The van der Waals surface area contributed by atoms with Crippen molar-refractivity contribution in [1.82, 2.24) is 10.2 Å². The van der Waals surface area contributed by atoms with Gasteiger partial charge in [-0.25, -0.2) is 0 Å². The van der Waals surface area contributed by atoms with Crippen LogP contribution in [0.25, 0.3) is 0 Å². The Morgan fingerprint density at radius 3 is 2.85 bits per heavy atom. The second-order valence-corrected chi connectivity index (χ2v) is 7.68. The Balaban J connectivity index is 1.29. The zero-order valence-corrected chi connectivity index (χ0v) is 12.8. The molecule has 0 radical (unpaired) electrons. The molecule has 0 aromatic carbocycles. The molecule has 3 heteroatoms. The molecule has 3 heterocycles. The highest BCUT2D eigenvalue weighted by molar-refractivity contribution is 4.95. The topological polar surface area (TPSA) is 24.5 Å². The first kappa shape index (κ1) is 13.5. The van der Waals surface area contributed by atoms with E-state index in [4.69, 9.17) is 4.74 Å². The monoisotopic (exact) mass is 278 g/mol. The number of piperidine rings is 2. The number of likely N-dealkylation sites (tertiary alicyclic amines) is 1. The molecule has 0 aromatic rings. The van der Waals surface area contributed by atoms with Gasteiger partial charge in [-0.05, 0) is 64.0 Å². The lowest BCUT2D eigenvalue weighted by atomic mass is 9.85. The van der Waals surface area contributed by atoms with Crippen LogP contribution in [0.5, 0.6) is 0 Å². The molecule has 0 bridgehead atoms. The number of nitrogens with zero attached hydrogens (tertiary/aromatic N) is 1. The summed E-state index contributed by atoms with van der Waals surface area (Å²) < 4.78 is 6.49. The van der Waals surface area contributed by atoms with E-state index >= 15 is 0 Å². The summed E-state index contributed by atoms with van der Waals surface area (Å²) in [6, 6.07) is 0.811. The van der Waals surface area contributed by atoms with Crippen LogP contribution < -0.4 is 5.32 Å². The summed E-state index contributed by atoms with van der Waals surface area (Å²) >= 11 is 0. The fourth-order valence-electron chi connectivity index (χ4n) is 5.19. The smallest absolute Gasteiger partial charge is 0.0710 e. The molecule has 1 spiro atoms. The fourth-order valence-corrected chi connectivity index (χ4v) is 5.19.